The molecule has 0 aromatic carbocycles. The second-order valence-electron chi connectivity index (χ2n) is 9.22. The standard InChI is InChI=1S/C25H33N5O3/c1-18-15-26-7-10-30(18)16-20-14-21-24(33-20)22(17-28(2)25(21)31)19-5-6-27-23(13-19)32-12-11-29-8-3-4-9-29/h5-6,13-14,17-18,26H,3-4,7-12,15-16H2,1-2H3/t18-/m1/s1. The molecule has 2 fully saturated rings. The van der Waals surface area contributed by atoms with Gasteiger partial charge < -0.3 is 19.0 Å². The second-order valence-corrected chi connectivity index (χ2v) is 9.22. The number of nitrogens with zero attached hydrogens (tertiary/aromatic N) is 4. The number of aryl methyl sites for hydroxylation is 1. The molecule has 8 nitrogen and oxygen atoms in total. The summed E-state index contributed by atoms with van der Waals surface area (Å²) in [5, 5.41) is 4.03. The highest BCUT2D eigenvalue weighted by molar-refractivity contribution is 5.92. The second kappa shape index (κ2) is 9.67. The van der Waals surface area contributed by atoms with Crippen molar-refractivity contribution in [1.29, 1.82) is 0 Å². The Kier molecular flexibility index (Phi) is 6.48. The fraction of sp³-hybridized carbons (Fsp3) is 0.520. The number of pyridine rings is 2. The fourth-order valence-corrected chi connectivity index (χ4v) is 4.85. The lowest BCUT2D eigenvalue weighted by molar-refractivity contribution is 0.155. The van der Waals surface area contributed by atoms with Crippen LogP contribution >= 0.6 is 0 Å². The van der Waals surface area contributed by atoms with Crippen LogP contribution in [0.4, 0.5) is 0 Å². The topological polar surface area (TPSA) is 75.8 Å². The van der Waals surface area contributed by atoms with Crippen LogP contribution in [0.5, 0.6) is 5.88 Å². The monoisotopic (exact) mass is 451 g/mol. The van der Waals surface area contributed by atoms with Gasteiger partial charge >= 0.3 is 0 Å². The normalized spacial score (nSPS) is 20.0. The Bertz CT molecular complexity index is 1160. The van der Waals surface area contributed by atoms with E-state index in [0.29, 0.717) is 36.0 Å². The van der Waals surface area contributed by atoms with Crippen LogP contribution < -0.4 is 15.6 Å². The number of nitrogens with one attached hydrogen (secondary N) is 1. The van der Waals surface area contributed by atoms with Crippen LogP contribution in [0.25, 0.3) is 22.1 Å². The molecule has 1 N–H and O–H groups in total. The lowest BCUT2D eigenvalue weighted by Gasteiger charge is -2.33. The average molecular weight is 452 g/mol. The van der Waals surface area contributed by atoms with Crippen molar-refractivity contribution in [3.8, 4) is 17.0 Å². The molecule has 0 amide bonds. The summed E-state index contributed by atoms with van der Waals surface area (Å²) in [5.41, 5.74) is 2.38. The van der Waals surface area contributed by atoms with Gasteiger partial charge in [-0.15, -0.1) is 0 Å². The van der Waals surface area contributed by atoms with Crippen LogP contribution in [0.2, 0.25) is 0 Å². The summed E-state index contributed by atoms with van der Waals surface area (Å²) < 4.78 is 13.9. The zero-order chi connectivity index (χ0) is 22.8. The minimum Gasteiger partial charge on any atom is -0.476 e. The van der Waals surface area contributed by atoms with Gasteiger partial charge in [0.1, 0.15) is 18.0 Å². The van der Waals surface area contributed by atoms with Gasteiger partial charge in [0.15, 0.2) is 0 Å². The lowest BCUT2D eigenvalue weighted by Crippen LogP contribution is -2.49. The summed E-state index contributed by atoms with van der Waals surface area (Å²) in [4.78, 5) is 22.0. The van der Waals surface area contributed by atoms with Gasteiger partial charge in [0.2, 0.25) is 5.88 Å². The maximum absolute atomic E-state index is 12.9. The first-order valence-electron chi connectivity index (χ1n) is 12.0. The summed E-state index contributed by atoms with van der Waals surface area (Å²) in [6.45, 7) is 9.64. The van der Waals surface area contributed by atoms with Crippen molar-refractivity contribution < 1.29 is 9.15 Å². The molecule has 3 aromatic rings. The summed E-state index contributed by atoms with van der Waals surface area (Å²) in [5.74, 6) is 1.41. The van der Waals surface area contributed by atoms with Gasteiger partial charge in [0.05, 0.1) is 11.9 Å². The summed E-state index contributed by atoms with van der Waals surface area (Å²) >= 11 is 0. The largest absolute Gasteiger partial charge is 0.476 e. The fourth-order valence-electron chi connectivity index (χ4n) is 4.85. The number of furan rings is 1. The maximum atomic E-state index is 12.9. The molecule has 5 heterocycles. The van der Waals surface area contributed by atoms with E-state index in [-0.39, 0.29) is 5.56 Å². The Morgan fingerprint density at radius 3 is 2.91 bits per heavy atom. The van der Waals surface area contributed by atoms with Gasteiger partial charge in [-0.3, -0.25) is 14.6 Å². The van der Waals surface area contributed by atoms with E-state index >= 15 is 0 Å². The summed E-state index contributed by atoms with van der Waals surface area (Å²) in [6.07, 6.45) is 6.14. The molecule has 1 atom stereocenters. The zero-order valence-electron chi connectivity index (χ0n) is 19.5. The Labute approximate surface area is 194 Å². The SMILES string of the molecule is C[C@@H]1CNCCN1Cc1cc2c(=O)n(C)cc(-c3ccnc(OCCN4CCCC4)c3)c2o1. The molecule has 0 bridgehead atoms. The number of hydrogen-bond acceptors (Lipinski definition) is 7. The minimum absolute atomic E-state index is 0.0479. The number of fused-ring (bicyclic) bond motifs is 1. The van der Waals surface area contributed by atoms with E-state index in [0.717, 1.165) is 56.2 Å². The first-order chi connectivity index (χ1) is 16.1. The Hall–Kier alpha value is -2.68. The third-order valence-electron chi connectivity index (χ3n) is 6.80. The molecule has 0 spiro atoms. The van der Waals surface area contributed by atoms with Crippen molar-refractivity contribution in [3.63, 3.8) is 0 Å². The van der Waals surface area contributed by atoms with Crippen LogP contribution in [-0.4, -0.2) is 71.3 Å². The predicted molar refractivity (Wildman–Crippen MR) is 129 cm³/mol. The highest BCUT2D eigenvalue weighted by Crippen LogP contribution is 2.31. The van der Waals surface area contributed by atoms with E-state index in [9.17, 15) is 4.79 Å². The van der Waals surface area contributed by atoms with E-state index in [1.165, 1.54) is 12.8 Å². The number of ether oxygens (including phenoxy) is 1. The molecular formula is C25H33N5O3. The lowest BCUT2D eigenvalue weighted by atomic mass is 10.1. The third kappa shape index (κ3) is 4.83. The van der Waals surface area contributed by atoms with E-state index in [1.807, 2.05) is 24.4 Å². The van der Waals surface area contributed by atoms with Gasteiger partial charge in [0, 0.05) is 63.3 Å². The van der Waals surface area contributed by atoms with Crippen LogP contribution in [0.3, 0.4) is 0 Å². The maximum Gasteiger partial charge on any atom is 0.261 e. The Balaban J connectivity index is 1.40. The molecule has 0 saturated carbocycles. The van der Waals surface area contributed by atoms with Gasteiger partial charge in [0.25, 0.3) is 5.56 Å². The van der Waals surface area contributed by atoms with Crippen molar-refractivity contribution in [2.75, 3.05) is 45.9 Å². The molecule has 2 aliphatic rings. The molecule has 2 saturated heterocycles. The molecule has 0 unspecified atom stereocenters. The molecule has 176 valence electrons. The van der Waals surface area contributed by atoms with E-state index < -0.39 is 0 Å². The zero-order valence-corrected chi connectivity index (χ0v) is 19.5. The first-order valence-corrected chi connectivity index (χ1v) is 12.0. The Morgan fingerprint density at radius 2 is 2.09 bits per heavy atom. The van der Waals surface area contributed by atoms with Crippen molar-refractivity contribution in [3.05, 3.63) is 46.7 Å². The summed E-state index contributed by atoms with van der Waals surface area (Å²) in [6, 6.07) is 6.20. The van der Waals surface area contributed by atoms with Crippen molar-refractivity contribution >= 4 is 11.0 Å². The van der Waals surface area contributed by atoms with Crippen LogP contribution in [-0.2, 0) is 13.6 Å². The molecule has 0 radical (unpaired) electrons. The van der Waals surface area contributed by atoms with Crippen molar-refractivity contribution in [1.82, 2.24) is 24.7 Å². The molecule has 5 rings (SSSR count). The minimum atomic E-state index is -0.0479. The van der Waals surface area contributed by atoms with Gasteiger partial charge in [-0.2, -0.15) is 0 Å². The number of hydrogen-bond donors (Lipinski definition) is 1. The number of piperazine rings is 1. The van der Waals surface area contributed by atoms with Gasteiger partial charge in [-0.25, -0.2) is 4.98 Å². The van der Waals surface area contributed by atoms with Crippen molar-refractivity contribution in [2.45, 2.75) is 32.4 Å². The predicted octanol–water partition coefficient (Wildman–Crippen LogP) is 2.46. The van der Waals surface area contributed by atoms with E-state index in [4.69, 9.17) is 9.15 Å². The number of likely N-dealkylation sites (tertiary alicyclic amines) is 1. The van der Waals surface area contributed by atoms with Crippen LogP contribution in [0.15, 0.2) is 39.8 Å². The van der Waals surface area contributed by atoms with Crippen LogP contribution in [0.1, 0.15) is 25.5 Å². The number of aromatic nitrogens is 2. The van der Waals surface area contributed by atoms with E-state index in [2.05, 4.69) is 27.0 Å². The quantitative estimate of drug-likeness (QED) is 0.591. The average Bonchev–Trinajstić information content (AvgIpc) is 3.48. The molecule has 3 aromatic heterocycles. The van der Waals surface area contributed by atoms with E-state index in [1.54, 1.807) is 17.8 Å². The third-order valence-corrected chi connectivity index (χ3v) is 6.80. The first kappa shape index (κ1) is 22.1. The number of rotatable bonds is 7. The molecule has 33 heavy (non-hydrogen) atoms. The smallest absolute Gasteiger partial charge is 0.261 e. The molecule has 8 heteroatoms. The van der Waals surface area contributed by atoms with Crippen molar-refractivity contribution in [2.24, 2.45) is 7.05 Å². The highest BCUT2D eigenvalue weighted by atomic mass is 16.5. The van der Waals surface area contributed by atoms with Crippen LogP contribution in [0, 0.1) is 0 Å². The van der Waals surface area contributed by atoms with Gasteiger partial charge in [-0.1, -0.05) is 0 Å². The molecule has 0 aliphatic carbocycles. The molecule has 2 aliphatic heterocycles. The van der Waals surface area contributed by atoms with Gasteiger partial charge in [-0.05, 0) is 50.6 Å². The summed E-state index contributed by atoms with van der Waals surface area (Å²) in [7, 11) is 1.78. The highest BCUT2D eigenvalue weighted by Gasteiger charge is 2.21. The Morgan fingerprint density at radius 1 is 1.24 bits per heavy atom. The molecular weight excluding hydrogens is 418 g/mol.